The molecule has 0 amide bonds. The highest BCUT2D eigenvalue weighted by Gasteiger charge is 2.06. The van der Waals surface area contributed by atoms with Gasteiger partial charge in [-0.25, -0.2) is 0 Å². The molecule has 0 saturated heterocycles. The van der Waals surface area contributed by atoms with Gasteiger partial charge in [0.1, 0.15) is 0 Å². The summed E-state index contributed by atoms with van der Waals surface area (Å²) < 4.78 is 33.0. The molecule has 0 aromatic heterocycles. The van der Waals surface area contributed by atoms with Crippen molar-refractivity contribution in [2.75, 3.05) is 12.4 Å². The Morgan fingerprint density at radius 3 is 2.45 bits per heavy atom. The van der Waals surface area contributed by atoms with Crippen LogP contribution in [0, 0.1) is 0 Å². The fraction of sp³-hybridized carbons (Fsp3) is 1.00. The maximum atomic E-state index is 10.1. The normalized spacial score (nSPS) is 14.8. The lowest BCUT2D eigenvalue weighted by Crippen LogP contribution is -2.17. The van der Waals surface area contributed by atoms with E-state index < -0.39 is 22.2 Å². The lowest BCUT2D eigenvalue weighted by atomic mass is 10.5. The minimum absolute atomic E-state index is 0.187. The van der Waals surface area contributed by atoms with Gasteiger partial charge in [0.05, 0.1) is 12.4 Å². The first kappa shape index (κ1) is 10.8. The Balaban J connectivity index is 3.43. The maximum Gasteiger partial charge on any atom is 0.267 e. The van der Waals surface area contributed by atoms with Crippen molar-refractivity contribution in [3.63, 3.8) is 0 Å². The summed E-state index contributed by atoms with van der Waals surface area (Å²) in [6.07, 6.45) is -0.553. The van der Waals surface area contributed by atoms with E-state index in [1.165, 1.54) is 0 Å². The predicted octanol–water partition coefficient (Wildman–Crippen LogP) is -0.381. The highest BCUT2D eigenvalue weighted by Crippen LogP contribution is 1.92. The Morgan fingerprint density at radius 1 is 1.55 bits per heavy atom. The fourth-order valence-corrected chi connectivity index (χ4v) is 0.714. The third-order valence-corrected chi connectivity index (χ3v) is 1.68. The largest absolute Gasteiger partial charge is 0.368 e. The zero-order chi connectivity index (χ0) is 8.91. The molecular formula is C5H12O5S. The van der Waals surface area contributed by atoms with Gasteiger partial charge in [-0.1, -0.05) is 6.92 Å². The molecular weight excluding hydrogens is 172 g/mol. The lowest BCUT2D eigenvalue weighted by Gasteiger charge is -2.07. The second kappa shape index (κ2) is 4.66. The smallest absolute Gasteiger partial charge is 0.267 e. The SMILES string of the molecule is CCC(O)OCCS(=O)(=O)O. The van der Waals surface area contributed by atoms with Crippen molar-refractivity contribution in [1.82, 2.24) is 0 Å². The molecule has 0 aliphatic carbocycles. The molecule has 2 N–H and O–H groups in total. The molecule has 1 atom stereocenters. The summed E-state index contributed by atoms with van der Waals surface area (Å²) in [5.74, 6) is -0.482. The van der Waals surface area contributed by atoms with Crippen molar-refractivity contribution in [3.05, 3.63) is 0 Å². The van der Waals surface area contributed by atoms with E-state index in [2.05, 4.69) is 4.74 Å². The topological polar surface area (TPSA) is 83.8 Å². The Morgan fingerprint density at radius 2 is 2.09 bits per heavy atom. The van der Waals surface area contributed by atoms with E-state index in [0.29, 0.717) is 6.42 Å². The first-order chi connectivity index (χ1) is 4.95. The summed E-state index contributed by atoms with van der Waals surface area (Å²) in [4.78, 5) is 0. The van der Waals surface area contributed by atoms with Gasteiger partial charge in [-0.3, -0.25) is 4.55 Å². The highest BCUT2D eigenvalue weighted by molar-refractivity contribution is 7.85. The number of hydrogen-bond donors (Lipinski definition) is 2. The molecule has 0 aromatic carbocycles. The molecule has 0 spiro atoms. The van der Waals surface area contributed by atoms with Gasteiger partial charge in [0.15, 0.2) is 6.29 Å². The van der Waals surface area contributed by atoms with Gasteiger partial charge in [-0.15, -0.1) is 0 Å². The summed E-state index contributed by atoms with van der Waals surface area (Å²) in [5.41, 5.74) is 0. The Hall–Kier alpha value is -0.170. The van der Waals surface area contributed by atoms with Gasteiger partial charge in [0.2, 0.25) is 0 Å². The van der Waals surface area contributed by atoms with Crippen LogP contribution in [-0.4, -0.2) is 36.7 Å². The predicted molar refractivity (Wildman–Crippen MR) is 38.7 cm³/mol. The van der Waals surface area contributed by atoms with Crippen LogP contribution in [0.5, 0.6) is 0 Å². The van der Waals surface area contributed by atoms with Gasteiger partial charge in [-0.2, -0.15) is 8.42 Å². The van der Waals surface area contributed by atoms with E-state index in [0.717, 1.165) is 0 Å². The molecule has 0 rings (SSSR count). The van der Waals surface area contributed by atoms with Crippen molar-refractivity contribution in [2.45, 2.75) is 19.6 Å². The molecule has 0 aliphatic rings. The van der Waals surface area contributed by atoms with Gasteiger partial charge in [-0.05, 0) is 6.42 Å². The first-order valence-electron chi connectivity index (χ1n) is 3.20. The average molecular weight is 184 g/mol. The number of aliphatic hydroxyl groups excluding tert-OH is 1. The summed E-state index contributed by atoms with van der Waals surface area (Å²) in [6, 6.07) is 0. The van der Waals surface area contributed by atoms with E-state index in [9.17, 15) is 8.42 Å². The van der Waals surface area contributed by atoms with Crippen LogP contribution in [-0.2, 0) is 14.9 Å². The summed E-state index contributed by atoms with van der Waals surface area (Å²) >= 11 is 0. The van der Waals surface area contributed by atoms with Crippen molar-refractivity contribution in [1.29, 1.82) is 0 Å². The molecule has 68 valence electrons. The summed E-state index contributed by atoms with van der Waals surface area (Å²) in [7, 11) is -3.96. The molecule has 0 radical (unpaired) electrons. The van der Waals surface area contributed by atoms with Crippen LogP contribution < -0.4 is 0 Å². The third-order valence-electron chi connectivity index (χ3n) is 1.00. The molecule has 0 saturated carbocycles. The van der Waals surface area contributed by atoms with E-state index in [4.69, 9.17) is 9.66 Å². The van der Waals surface area contributed by atoms with Crippen LogP contribution in [0.25, 0.3) is 0 Å². The highest BCUT2D eigenvalue weighted by atomic mass is 32.2. The molecule has 0 bridgehead atoms. The minimum atomic E-state index is -3.96. The molecule has 0 aliphatic heterocycles. The van der Waals surface area contributed by atoms with Crippen LogP contribution in [0.3, 0.4) is 0 Å². The molecule has 0 fully saturated rings. The average Bonchev–Trinajstić information content (AvgIpc) is 1.85. The molecule has 0 aromatic rings. The number of rotatable bonds is 5. The monoisotopic (exact) mass is 184 g/mol. The quantitative estimate of drug-likeness (QED) is 0.449. The summed E-state index contributed by atoms with van der Waals surface area (Å²) in [6.45, 7) is 1.51. The first-order valence-corrected chi connectivity index (χ1v) is 4.81. The van der Waals surface area contributed by atoms with Crippen LogP contribution >= 0.6 is 0 Å². The van der Waals surface area contributed by atoms with E-state index in [1.54, 1.807) is 6.92 Å². The third kappa shape index (κ3) is 7.73. The van der Waals surface area contributed by atoms with E-state index in [-0.39, 0.29) is 6.61 Å². The van der Waals surface area contributed by atoms with Crippen molar-refractivity contribution in [2.24, 2.45) is 0 Å². The number of ether oxygens (including phenoxy) is 1. The van der Waals surface area contributed by atoms with Gasteiger partial charge >= 0.3 is 0 Å². The van der Waals surface area contributed by atoms with E-state index in [1.807, 2.05) is 0 Å². The standard InChI is InChI=1S/C5H12O5S/c1-2-5(6)10-3-4-11(7,8)9/h5-6H,2-4H2,1H3,(H,7,8,9). The lowest BCUT2D eigenvalue weighted by molar-refractivity contribution is -0.0948. The Kier molecular flexibility index (Phi) is 4.58. The zero-order valence-corrected chi connectivity index (χ0v) is 7.04. The number of aliphatic hydroxyl groups is 1. The number of hydrogen-bond acceptors (Lipinski definition) is 4. The van der Waals surface area contributed by atoms with Gasteiger partial charge < -0.3 is 9.84 Å². The van der Waals surface area contributed by atoms with Crippen molar-refractivity contribution < 1.29 is 22.8 Å². The summed E-state index contributed by atoms with van der Waals surface area (Å²) in [5, 5.41) is 8.76. The Bertz CT molecular complexity index is 185. The molecule has 11 heavy (non-hydrogen) atoms. The molecule has 0 heterocycles. The second-order valence-corrected chi connectivity index (χ2v) is 3.59. The molecule has 5 nitrogen and oxygen atoms in total. The zero-order valence-electron chi connectivity index (χ0n) is 6.23. The van der Waals surface area contributed by atoms with Crippen LogP contribution in [0.15, 0.2) is 0 Å². The van der Waals surface area contributed by atoms with Gasteiger partial charge in [0, 0.05) is 0 Å². The fourth-order valence-electron chi connectivity index (χ4n) is 0.407. The molecule has 1 unspecified atom stereocenters. The van der Waals surface area contributed by atoms with E-state index >= 15 is 0 Å². The maximum absolute atomic E-state index is 10.1. The molecule has 6 heteroatoms. The van der Waals surface area contributed by atoms with Crippen LogP contribution in [0.2, 0.25) is 0 Å². The van der Waals surface area contributed by atoms with Crippen LogP contribution in [0.1, 0.15) is 13.3 Å². The van der Waals surface area contributed by atoms with Gasteiger partial charge in [0.25, 0.3) is 10.1 Å². The van der Waals surface area contributed by atoms with Crippen LogP contribution in [0.4, 0.5) is 0 Å². The second-order valence-electron chi connectivity index (χ2n) is 2.02. The van der Waals surface area contributed by atoms with Crippen molar-refractivity contribution >= 4 is 10.1 Å². The Labute approximate surface area is 65.7 Å². The minimum Gasteiger partial charge on any atom is -0.368 e. The van der Waals surface area contributed by atoms with Crippen molar-refractivity contribution in [3.8, 4) is 0 Å².